The molecule has 2 rings (SSSR count). The van der Waals surface area contributed by atoms with E-state index in [2.05, 4.69) is 12.2 Å². The zero-order valence-corrected chi connectivity index (χ0v) is 14.9. The summed E-state index contributed by atoms with van der Waals surface area (Å²) in [6.45, 7) is 3.54. The zero-order valence-electron chi connectivity index (χ0n) is 14.9. The van der Waals surface area contributed by atoms with Crippen LogP contribution < -0.4 is 10.2 Å². The number of nitrogens with zero attached hydrogens (tertiary/aromatic N) is 1. The number of carbonyl (C=O) groups is 2. The molecule has 0 atom stereocenters. The number of nitrogens with one attached hydrogen (secondary N) is 1. The van der Waals surface area contributed by atoms with Crippen molar-refractivity contribution in [3.8, 4) is 0 Å². The molecular formula is C20H30N2O2. The predicted octanol–water partition coefficient (Wildman–Crippen LogP) is 4.18. The van der Waals surface area contributed by atoms with E-state index in [-0.39, 0.29) is 11.8 Å². The van der Waals surface area contributed by atoms with E-state index < -0.39 is 0 Å². The van der Waals surface area contributed by atoms with E-state index in [0.717, 1.165) is 37.1 Å². The summed E-state index contributed by atoms with van der Waals surface area (Å²) < 4.78 is 0. The second kappa shape index (κ2) is 10.1. The van der Waals surface area contributed by atoms with E-state index in [1.807, 2.05) is 29.2 Å². The number of amides is 2. The maximum absolute atomic E-state index is 11.9. The van der Waals surface area contributed by atoms with Gasteiger partial charge in [-0.1, -0.05) is 51.2 Å². The van der Waals surface area contributed by atoms with Crippen LogP contribution in [0.15, 0.2) is 24.3 Å². The van der Waals surface area contributed by atoms with Gasteiger partial charge >= 0.3 is 0 Å². The van der Waals surface area contributed by atoms with Crippen LogP contribution in [-0.4, -0.2) is 18.4 Å². The Bertz CT molecular complexity index is 542. The molecule has 0 aliphatic carbocycles. The Hall–Kier alpha value is -1.84. The van der Waals surface area contributed by atoms with Crippen molar-refractivity contribution >= 4 is 17.5 Å². The molecule has 2 amide bonds. The van der Waals surface area contributed by atoms with Gasteiger partial charge in [-0.25, -0.2) is 0 Å². The Labute approximate surface area is 145 Å². The predicted molar refractivity (Wildman–Crippen MR) is 97.9 cm³/mol. The second-order valence-corrected chi connectivity index (χ2v) is 6.61. The molecule has 1 aliphatic rings. The molecule has 4 heteroatoms. The van der Waals surface area contributed by atoms with Crippen LogP contribution in [0.1, 0.15) is 70.3 Å². The Morgan fingerprint density at radius 1 is 1.17 bits per heavy atom. The van der Waals surface area contributed by atoms with Crippen LogP contribution in [0.2, 0.25) is 0 Å². The Kier molecular flexibility index (Phi) is 7.80. The molecule has 0 radical (unpaired) electrons. The summed E-state index contributed by atoms with van der Waals surface area (Å²) in [7, 11) is 0. The van der Waals surface area contributed by atoms with Crippen molar-refractivity contribution in [3.63, 3.8) is 0 Å². The van der Waals surface area contributed by atoms with E-state index >= 15 is 0 Å². The molecule has 1 fully saturated rings. The average Bonchev–Trinajstić information content (AvgIpc) is 3.02. The van der Waals surface area contributed by atoms with Crippen LogP contribution in [0, 0.1) is 0 Å². The number of hydrogen-bond donors (Lipinski definition) is 1. The molecule has 0 spiro atoms. The van der Waals surface area contributed by atoms with E-state index in [4.69, 9.17) is 0 Å². The van der Waals surface area contributed by atoms with Crippen LogP contribution in [0.5, 0.6) is 0 Å². The maximum atomic E-state index is 11.9. The largest absolute Gasteiger partial charge is 0.352 e. The molecule has 0 aromatic heterocycles. The second-order valence-electron chi connectivity index (χ2n) is 6.61. The molecule has 0 bridgehead atoms. The molecule has 0 unspecified atom stereocenters. The lowest BCUT2D eigenvalue weighted by atomic mass is 10.1. The van der Waals surface area contributed by atoms with Gasteiger partial charge in [0.15, 0.2) is 0 Å². The highest BCUT2D eigenvalue weighted by molar-refractivity contribution is 5.95. The third-order valence-corrected chi connectivity index (χ3v) is 4.54. The molecule has 1 aliphatic heterocycles. The van der Waals surface area contributed by atoms with Crippen molar-refractivity contribution in [1.29, 1.82) is 0 Å². The number of unbranched alkanes of at least 4 members (excludes halogenated alkanes) is 5. The van der Waals surface area contributed by atoms with Gasteiger partial charge in [-0.15, -0.1) is 0 Å². The van der Waals surface area contributed by atoms with Crippen LogP contribution >= 0.6 is 0 Å². The van der Waals surface area contributed by atoms with Crippen LogP contribution in [-0.2, 0) is 16.1 Å². The average molecular weight is 330 g/mol. The highest BCUT2D eigenvalue weighted by Crippen LogP contribution is 2.22. The molecule has 1 N–H and O–H groups in total. The zero-order chi connectivity index (χ0) is 17.2. The van der Waals surface area contributed by atoms with Gasteiger partial charge in [0, 0.05) is 31.6 Å². The molecule has 1 aromatic carbocycles. The Morgan fingerprint density at radius 3 is 2.71 bits per heavy atom. The Morgan fingerprint density at radius 2 is 1.96 bits per heavy atom. The van der Waals surface area contributed by atoms with Gasteiger partial charge in [0.1, 0.15) is 0 Å². The van der Waals surface area contributed by atoms with Crippen molar-refractivity contribution in [2.75, 3.05) is 11.4 Å². The van der Waals surface area contributed by atoms with Gasteiger partial charge in [-0.3, -0.25) is 9.59 Å². The normalized spacial score (nSPS) is 14.2. The SMILES string of the molecule is CCCCCCCCC(=O)NCc1cccc(N2CCCC2=O)c1. The van der Waals surface area contributed by atoms with Crippen molar-refractivity contribution in [2.24, 2.45) is 0 Å². The minimum absolute atomic E-state index is 0.119. The standard InChI is InChI=1S/C20H30N2O2/c1-2-3-4-5-6-7-12-19(23)21-16-17-10-8-11-18(15-17)22-14-9-13-20(22)24/h8,10-11,15H,2-7,9,12-14,16H2,1H3,(H,21,23). The number of benzene rings is 1. The fourth-order valence-electron chi connectivity index (χ4n) is 3.11. The van der Waals surface area contributed by atoms with Crippen molar-refractivity contribution in [3.05, 3.63) is 29.8 Å². The van der Waals surface area contributed by atoms with E-state index in [9.17, 15) is 9.59 Å². The lowest BCUT2D eigenvalue weighted by Gasteiger charge is -2.16. The molecule has 24 heavy (non-hydrogen) atoms. The van der Waals surface area contributed by atoms with Gasteiger partial charge in [0.25, 0.3) is 0 Å². The fourth-order valence-corrected chi connectivity index (χ4v) is 3.11. The first-order valence-corrected chi connectivity index (χ1v) is 9.36. The number of carbonyl (C=O) groups excluding carboxylic acids is 2. The maximum Gasteiger partial charge on any atom is 0.227 e. The molecule has 1 saturated heterocycles. The molecule has 1 aromatic rings. The number of hydrogen-bond acceptors (Lipinski definition) is 2. The third kappa shape index (κ3) is 5.99. The minimum atomic E-state index is 0.119. The summed E-state index contributed by atoms with van der Waals surface area (Å²) >= 11 is 0. The lowest BCUT2D eigenvalue weighted by Crippen LogP contribution is -2.25. The Balaban J connectivity index is 1.70. The van der Waals surface area contributed by atoms with E-state index in [1.54, 1.807) is 0 Å². The first kappa shape index (κ1) is 18.5. The summed E-state index contributed by atoms with van der Waals surface area (Å²) in [6, 6.07) is 7.92. The first-order chi connectivity index (χ1) is 11.7. The molecular weight excluding hydrogens is 300 g/mol. The first-order valence-electron chi connectivity index (χ1n) is 9.36. The van der Waals surface area contributed by atoms with Gasteiger partial charge < -0.3 is 10.2 Å². The molecule has 4 nitrogen and oxygen atoms in total. The van der Waals surface area contributed by atoms with Crippen LogP contribution in [0.4, 0.5) is 5.69 Å². The van der Waals surface area contributed by atoms with Crippen molar-refractivity contribution < 1.29 is 9.59 Å². The quantitative estimate of drug-likeness (QED) is 0.654. The summed E-state index contributed by atoms with van der Waals surface area (Å²) in [5.74, 6) is 0.312. The summed E-state index contributed by atoms with van der Waals surface area (Å²) in [5.41, 5.74) is 1.99. The minimum Gasteiger partial charge on any atom is -0.352 e. The fraction of sp³-hybridized carbons (Fsp3) is 0.600. The number of anilines is 1. The summed E-state index contributed by atoms with van der Waals surface area (Å²) in [5, 5.41) is 2.99. The van der Waals surface area contributed by atoms with E-state index in [0.29, 0.717) is 19.4 Å². The topological polar surface area (TPSA) is 49.4 Å². The monoisotopic (exact) mass is 330 g/mol. The van der Waals surface area contributed by atoms with Gasteiger partial charge in [0.2, 0.25) is 11.8 Å². The number of rotatable bonds is 10. The highest BCUT2D eigenvalue weighted by Gasteiger charge is 2.21. The van der Waals surface area contributed by atoms with Crippen molar-refractivity contribution in [1.82, 2.24) is 5.32 Å². The summed E-state index contributed by atoms with van der Waals surface area (Å²) in [4.78, 5) is 25.6. The molecule has 0 saturated carbocycles. The lowest BCUT2D eigenvalue weighted by molar-refractivity contribution is -0.121. The van der Waals surface area contributed by atoms with Gasteiger partial charge in [-0.05, 0) is 30.5 Å². The van der Waals surface area contributed by atoms with E-state index in [1.165, 1.54) is 25.7 Å². The summed E-state index contributed by atoms with van der Waals surface area (Å²) in [6.07, 6.45) is 9.34. The van der Waals surface area contributed by atoms with Gasteiger partial charge in [-0.2, -0.15) is 0 Å². The van der Waals surface area contributed by atoms with Gasteiger partial charge in [0.05, 0.1) is 0 Å². The van der Waals surface area contributed by atoms with Crippen LogP contribution in [0.3, 0.4) is 0 Å². The molecule has 1 heterocycles. The van der Waals surface area contributed by atoms with Crippen LogP contribution in [0.25, 0.3) is 0 Å². The highest BCUT2D eigenvalue weighted by atomic mass is 16.2. The third-order valence-electron chi connectivity index (χ3n) is 4.54. The van der Waals surface area contributed by atoms with Crippen molar-refractivity contribution in [2.45, 2.75) is 71.3 Å². The smallest absolute Gasteiger partial charge is 0.227 e. The molecule has 132 valence electrons.